The first kappa shape index (κ1) is 63.0. The van der Waals surface area contributed by atoms with E-state index in [9.17, 15) is 19.2 Å². The number of nitrogens with one attached hydrogen (secondary N) is 1. The minimum absolute atomic E-state index is 0.0223. The molecule has 0 bridgehead atoms. The van der Waals surface area contributed by atoms with Gasteiger partial charge < -0.3 is 42.8 Å². The summed E-state index contributed by atoms with van der Waals surface area (Å²) in [5.74, 6) is -1.39. The number of rotatable bonds is 31. The molecule has 2 aromatic carbocycles. The van der Waals surface area contributed by atoms with Crippen molar-refractivity contribution in [2.75, 3.05) is 13.2 Å². The number of halogens is 7. The van der Waals surface area contributed by atoms with Gasteiger partial charge in [0.15, 0.2) is 17.3 Å². The first-order chi connectivity index (χ1) is 33.5. The smallest absolute Gasteiger partial charge is 0.462 e. The summed E-state index contributed by atoms with van der Waals surface area (Å²) in [4.78, 5) is 54.1. The topological polar surface area (TPSA) is 180 Å². The van der Waals surface area contributed by atoms with Crippen LogP contribution in [0.15, 0.2) is 60.7 Å². The van der Waals surface area contributed by atoms with Crippen molar-refractivity contribution in [1.29, 1.82) is 0 Å². The maximum atomic E-state index is 15.1. The number of hydrogen-bond acceptors (Lipinski definition) is 14. The van der Waals surface area contributed by atoms with Gasteiger partial charge in [-0.2, -0.15) is 0 Å². The fourth-order valence-corrected chi connectivity index (χ4v) is 9.09. The summed E-state index contributed by atoms with van der Waals surface area (Å²) in [6.45, 7) is 5.37. The molecule has 1 fully saturated rings. The highest BCUT2D eigenvalue weighted by atomic mass is 35.6. The zero-order valence-corrected chi connectivity index (χ0v) is 46.7. The van der Waals surface area contributed by atoms with Gasteiger partial charge in [-0.1, -0.05) is 209 Å². The number of unbranched alkanes of at least 4 members (excludes halogenated alkanes) is 12. The van der Waals surface area contributed by atoms with Crippen molar-refractivity contribution in [1.82, 2.24) is 5.32 Å². The van der Waals surface area contributed by atoms with Crippen molar-refractivity contribution in [2.45, 2.75) is 186 Å². The molecule has 6 atom stereocenters. The zero-order chi connectivity index (χ0) is 52.5. The molecule has 1 aliphatic rings. The first-order valence-electron chi connectivity index (χ1n) is 23.9. The lowest BCUT2D eigenvalue weighted by atomic mass is 9.97. The molecule has 1 heterocycles. The third-order valence-corrected chi connectivity index (χ3v) is 14.4. The Morgan fingerprint density at radius 1 is 0.704 bits per heavy atom. The van der Waals surface area contributed by atoms with Gasteiger partial charge in [0.25, 0.3) is 0 Å². The average Bonchev–Trinajstić information content (AvgIpc) is 3.29. The van der Waals surface area contributed by atoms with Crippen molar-refractivity contribution in [2.24, 2.45) is 0 Å². The minimum atomic E-state index is -4.97. The number of carbonyl (C=O) groups is 4. The highest BCUT2D eigenvalue weighted by Gasteiger charge is 2.54. The normalized spacial score (nSPS) is 18.9. The fraction of sp³-hybridized carbons (Fsp3) is 0.667. The van der Waals surface area contributed by atoms with Gasteiger partial charge in [0, 0.05) is 6.42 Å². The lowest BCUT2D eigenvalue weighted by molar-refractivity contribution is -0.196. The van der Waals surface area contributed by atoms with E-state index in [4.69, 9.17) is 123 Å². The van der Waals surface area contributed by atoms with Crippen LogP contribution < -0.4 is 14.4 Å². The lowest BCUT2D eigenvalue weighted by Gasteiger charge is -2.44. The number of alkyl carbamates (subject to hydrolysis) is 1. The number of phosphoric acid groups is 1. The van der Waals surface area contributed by atoms with Crippen molar-refractivity contribution >= 4 is 113 Å². The van der Waals surface area contributed by atoms with Gasteiger partial charge in [-0.3, -0.25) is 14.1 Å². The van der Waals surface area contributed by atoms with Gasteiger partial charge in [0.05, 0.1) is 6.42 Å². The van der Waals surface area contributed by atoms with E-state index in [1.807, 2.05) is 0 Å². The molecule has 0 spiro atoms. The van der Waals surface area contributed by atoms with Crippen LogP contribution in [0.1, 0.15) is 137 Å². The molecule has 1 aliphatic heterocycles. The monoisotopic (exact) mass is 1160 g/mol. The molecule has 15 nitrogen and oxygen atoms in total. The minimum Gasteiger partial charge on any atom is -0.462 e. The number of para-hydroxylation sites is 2. The van der Waals surface area contributed by atoms with E-state index >= 15 is 4.57 Å². The Morgan fingerprint density at radius 3 is 1.75 bits per heavy atom. The van der Waals surface area contributed by atoms with Crippen LogP contribution in [0, 0.1) is 0 Å². The number of ether oxygens (including phenoxy) is 6. The third kappa shape index (κ3) is 25.2. The number of phosphoric ester groups is 1. The van der Waals surface area contributed by atoms with Crippen molar-refractivity contribution in [3.63, 3.8) is 0 Å². The third-order valence-electron chi connectivity index (χ3n) is 10.9. The van der Waals surface area contributed by atoms with E-state index in [0.29, 0.717) is 19.3 Å². The van der Waals surface area contributed by atoms with Gasteiger partial charge in [0.1, 0.15) is 49.1 Å². The van der Waals surface area contributed by atoms with E-state index in [0.717, 1.165) is 64.2 Å². The quantitative estimate of drug-likeness (QED) is 0.0248. The SMILES string of the molecule is CCCCCCCCCCC[C@H](CC(=O)O[C@@H]1[C@@H](NC(=O)OCC(Cl)(Cl)Cl)[C@@H](Cl)O[C@H](COC(=O)OC(C)(C)C(Cl)(Cl)Cl)[C@H]1OP(=O)(Oc1ccccc1)Oc1ccccc1)OC(=O)CCCCCCC. The largest absolute Gasteiger partial charge is 0.588 e. The maximum absolute atomic E-state index is 15.1. The van der Waals surface area contributed by atoms with Crippen LogP contribution in [0.4, 0.5) is 9.59 Å². The van der Waals surface area contributed by atoms with E-state index in [2.05, 4.69) is 19.2 Å². The molecule has 402 valence electrons. The van der Waals surface area contributed by atoms with Crippen LogP contribution in [0.5, 0.6) is 11.5 Å². The average molecular weight is 1160 g/mol. The van der Waals surface area contributed by atoms with E-state index < -0.39 is 101 Å². The fourth-order valence-electron chi connectivity index (χ4n) is 7.04. The molecule has 0 saturated carbocycles. The molecule has 0 aliphatic carbocycles. The molecule has 0 unspecified atom stereocenters. The molecule has 71 heavy (non-hydrogen) atoms. The molecule has 23 heteroatoms. The van der Waals surface area contributed by atoms with E-state index in [1.54, 1.807) is 36.4 Å². The van der Waals surface area contributed by atoms with E-state index in [1.165, 1.54) is 51.0 Å². The Morgan fingerprint density at radius 2 is 1.23 bits per heavy atom. The number of benzene rings is 2. The number of alkyl halides is 7. The summed E-state index contributed by atoms with van der Waals surface area (Å²) in [5.41, 5.74) is -3.37. The molecule has 1 saturated heterocycles. The summed E-state index contributed by atoms with van der Waals surface area (Å²) in [6, 6.07) is 14.0. The second-order valence-electron chi connectivity index (χ2n) is 17.4. The Bertz CT molecular complexity index is 1880. The van der Waals surface area contributed by atoms with Gasteiger partial charge in [0.2, 0.25) is 7.59 Å². The van der Waals surface area contributed by atoms with Crippen LogP contribution >= 0.6 is 89.0 Å². The van der Waals surface area contributed by atoms with Gasteiger partial charge in [-0.05, 0) is 57.4 Å². The second kappa shape index (κ2) is 32.2. The summed E-state index contributed by atoms with van der Waals surface area (Å²) < 4.78 is 63.0. The number of esters is 2. The van der Waals surface area contributed by atoms with Gasteiger partial charge >= 0.3 is 32.0 Å². The van der Waals surface area contributed by atoms with E-state index in [-0.39, 0.29) is 17.9 Å². The standard InChI is InChI=1S/C48H67Cl7NO14P/c1-5-7-9-11-12-13-14-16-19-29-36(64-38(57)30-24-15-10-8-6-2)31-39(58)66-42-40(56-44(59)63-33-47(50,51)52)43(49)65-37(32-62-45(60)67-46(3,4)48(53,54)55)41(42)70-71(61,68-34-25-20-17-21-26-34)69-35-27-22-18-23-28-35/h17-18,20-23,25-28,36-37,40-43H,5-16,19,24,29-33H2,1-4H3,(H,56,59)/t36-,37-,40-,41-,42-,43+/m1/s1. The van der Waals surface area contributed by atoms with Crippen LogP contribution in [-0.4, -0.2) is 86.6 Å². The summed E-state index contributed by atoms with van der Waals surface area (Å²) in [7, 11) is -4.97. The molecule has 0 aromatic heterocycles. The summed E-state index contributed by atoms with van der Waals surface area (Å²) in [6.07, 6.45) is 5.08. The Kier molecular flexibility index (Phi) is 28.6. The second-order valence-corrected chi connectivity index (χ2v) is 24.1. The highest BCUT2D eigenvalue weighted by Crippen LogP contribution is 2.53. The predicted octanol–water partition coefficient (Wildman–Crippen LogP) is 14.9. The predicted molar refractivity (Wildman–Crippen MR) is 276 cm³/mol. The molecule has 1 amide bonds. The number of hydrogen-bond donors (Lipinski definition) is 1. The lowest BCUT2D eigenvalue weighted by Crippen LogP contribution is -2.65. The Hall–Kier alpha value is -2.30. The first-order valence-corrected chi connectivity index (χ1v) is 28.1. The van der Waals surface area contributed by atoms with Crippen LogP contribution in [-0.2, 0) is 47.1 Å². The molecule has 0 radical (unpaired) electrons. The molecular formula is C48H67Cl7NO14P. The molecule has 2 aromatic rings. The molecule has 3 rings (SSSR count). The Balaban J connectivity index is 2.07. The zero-order valence-electron chi connectivity index (χ0n) is 40.5. The highest BCUT2D eigenvalue weighted by molar-refractivity contribution is 7.49. The summed E-state index contributed by atoms with van der Waals surface area (Å²) in [5, 5.41) is 2.45. The van der Waals surface area contributed by atoms with Crippen LogP contribution in [0.2, 0.25) is 0 Å². The van der Waals surface area contributed by atoms with Crippen molar-refractivity contribution in [3.05, 3.63) is 60.7 Å². The van der Waals surface area contributed by atoms with Crippen molar-refractivity contribution in [3.8, 4) is 11.5 Å². The van der Waals surface area contributed by atoms with Gasteiger partial charge in [-0.25, -0.2) is 14.2 Å². The molecular weight excluding hydrogens is 1090 g/mol. The number of amides is 1. The maximum Gasteiger partial charge on any atom is 0.588 e. The van der Waals surface area contributed by atoms with Crippen LogP contribution in [0.3, 0.4) is 0 Å². The molecule has 1 N–H and O–H groups in total. The summed E-state index contributed by atoms with van der Waals surface area (Å²) >= 11 is 42.5. The number of carbonyl (C=O) groups excluding carboxylic acids is 4. The van der Waals surface area contributed by atoms with Crippen LogP contribution in [0.25, 0.3) is 0 Å². The van der Waals surface area contributed by atoms with Crippen molar-refractivity contribution < 1.29 is 65.7 Å². The Labute approximate surface area is 453 Å². The van der Waals surface area contributed by atoms with Gasteiger partial charge in [-0.15, -0.1) is 0 Å².